The molecule has 0 unspecified atom stereocenters. The van der Waals surface area contributed by atoms with Crippen molar-refractivity contribution < 1.29 is 14.3 Å². The molecular weight excluding hydrogens is 146 g/mol. The highest BCUT2D eigenvalue weighted by Crippen LogP contribution is 2.01. The third-order valence-corrected chi connectivity index (χ3v) is 1.14. The third-order valence-electron chi connectivity index (χ3n) is 1.14. The molecule has 0 aromatic heterocycles. The zero-order valence-corrected chi connectivity index (χ0v) is 6.59. The number of esters is 1. The highest BCUT2D eigenvalue weighted by atomic mass is 16.5. The molecule has 0 aromatic carbocycles. The first-order valence-electron chi connectivity index (χ1n) is 3.20. The Morgan fingerprint density at radius 3 is 2.36 bits per heavy atom. The second kappa shape index (κ2) is 4.49. The first-order chi connectivity index (χ1) is 5.11. The average molecular weight is 157 g/mol. The molecule has 0 saturated carbocycles. The van der Waals surface area contributed by atoms with E-state index in [-0.39, 0.29) is 0 Å². The van der Waals surface area contributed by atoms with Crippen LogP contribution in [-0.4, -0.2) is 19.0 Å². The Balaban J connectivity index is 4.39. The van der Waals surface area contributed by atoms with Gasteiger partial charge in [0.1, 0.15) is 0 Å². The lowest BCUT2D eigenvalue weighted by molar-refractivity contribution is -0.136. The maximum atomic E-state index is 10.8. The molecule has 0 radical (unpaired) electrons. The van der Waals surface area contributed by atoms with Gasteiger partial charge in [0.25, 0.3) is 0 Å². The predicted octanol–water partition coefficient (Wildman–Crippen LogP) is -0.0189. The van der Waals surface area contributed by atoms with E-state index in [1.54, 1.807) is 6.92 Å². The van der Waals surface area contributed by atoms with Crippen molar-refractivity contribution in [1.29, 1.82) is 0 Å². The highest BCUT2D eigenvalue weighted by molar-refractivity contribution is 5.97. The zero-order chi connectivity index (χ0) is 8.85. The first-order valence-corrected chi connectivity index (χ1v) is 3.20. The van der Waals surface area contributed by atoms with E-state index in [1.807, 2.05) is 0 Å². The standard InChI is InChI=1S/C7H11NO3/c1-3-5(4-6(8)9)7(10)11-2/h4H,3H2,1-2H3,(H2,8,9). The molecule has 0 aliphatic heterocycles. The number of carbonyl (C=O) groups excluding carboxylic acids is 2. The molecule has 0 atom stereocenters. The van der Waals surface area contributed by atoms with Crippen molar-refractivity contribution in [2.75, 3.05) is 7.11 Å². The average Bonchev–Trinajstić information content (AvgIpc) is 1.98. The van der Waals surface area contributed by atoms with E-state index < -0.39 is 11.9 Å². The lowest BCUT2D eigenvalue weighted by Crippen LogP contribution is -2.11. The normalized spacial score (nSPS) is 10.9. The fourth-order valence-electron chi connectivity index (χ4n) is 0.608. The molecule has 0 bridgehead atoms. The van der Waals surface area contributed by atoms with E-state index in [2.05, 4.69) is 4.74 Å². The molecule has 0 saturated heterocycles. The van der Waals surface area contributed by atoms with E-state index in [0.717, 1.165) is 6.08 Å². The molecule has 0 aliphatic rings. The molecule has 0 fully saturated rings. The van der Waals surface area contributed by atoms with Crippen LogP contribution in [-0.2, 0) is 14.3 Å². The van der Waals surface area contributed by atoms with E-state index >= 15 is 0 Å². The van der Waals surface area contributed by atoms with Gasteiger partial charge in [0.2, 0.25) is 5.91 Å². The van der Waals surface area contributed by atoms with Gasteiger partial charge >= 0.3 is 5.97 Å². The molecule has 1 amide bonds. The van der Waals surface area contributed by atoms with E-state index in [0.29, 0.717) is 12.0 Å². The van der Waals surface area contributed by atoms with Crippen LogP contribution in [0.15, 0.2) is 11.6 Å². The van der Waals surface area contributed by atoms with Gasteiger partial charge in [0, 0.05) is 11.6 Å². The molecule has 11 heavy (non-hydrogen) atoms. The van der Waals surface area contributed by atoms with Crippen molar-refractivity contribution in [2.24, 2.45) is 5.73 Å². The topological polar surface area (TPSA) is 69.4 Å². The van der Waals surface area contributed by atoms with Gasteiger partial charge < -0.3 is 10.5 Å². The van der Waals surface area contributed by atoms with Crippen LogP contribution in [0.3, 0.4) is 0 Å². The molecular formula is C7H11NO3. The van der Waals surface area contributed by atoms with Crippen LogP contribution in [0.4, 0.5) is 0 Å². The summed E-state index contributed by atoms with van der Waals surface area (Å²) in [7, 11) is 1.26. The minimum Gasteiger partial charge on any atom is -0.466 e. The largest absolute Gasteiger partial charge is 0.466 e. The molecule has 0 aromatic rings. The minimum atomic E-state index is -0.632. The van der Waals surface area contributed by atoms with Crippen molar-refractivity contribution in [3.05, 3.63) is 11.6 Å². The van der Waals surface area contributed by atoms with Crippen LogP contribution in [0.2, 0.25) is 0 Å². The van der Waals surface area contributed by atoms with Crippen LogP contribution in [0.25, 0.3) is 0 Å². The number of ether oxygens (including phenoxy) is 1. The molecule has 4 nitrogen and oxygen atoms in total. The molecule has 0 spiro atoms. The Bertz CT molecular complexity index is 196. The number of hydrogen-bond acceptors (Lipinski definition) is 3. The summed E-state index contributed by atoms with van der Waals surface area (Å²) < 4.78 is 4.39. The second-order valence-corrected chi connectivity index (χ2v) is 1.92. The highest BCUT2D eigenvalue weighted by Gasteiger charge is 2.07. The Morgan fingerprint density at radius 1 is 1.55 bits per heavy atom. The minimum absolute atomic E-state index is 0.292. The van der Waals surface area contributed by atoms with Gasteiger partial charge in [-0.2, -0.15) is 0 Å². The zero-order valence-electron chi connectivity index (χ0n) is 6.59. The maximum Gasteiger partial charge on any atom is 0.333 e. The predicted molar refractivity (Wildman–Crippen MR) is 39.6 cm³/mol. The number of nitrogens with two attached hydrogens (primary N) is 1. The van der Waals surface area contributed by atoms with Crippen molar-refractivity contribution >= 4 is 11.9 Å². The molecule has 2 N–H and O–H groups in total. The van der Waals surface area contributed by atoms with Gasteiger partial charge in [-0.1, -0.05) is 6.92 Å². The fraction of sp³-hybridized carbons (Fsp3) is 0.429. The number of hydrogen-bond donors (Lipinski definition) is 1. The fourth-order valence-corrected chi connectivity index (χ4v) is 0.608. The summed E-state index contributed by atoms with van der Waals surface area (Å²) in [6, 6.07) is 0. The van der Waals surface area contributed by atoms with Gasteiger partial charge in [-0.25, -0.2) is 4.79 Å². The summed E-state index contributed by atoms with van der Waals surface area (Å²) in [6.07, 6.45) is 1.52. The van der Waals surface area contributed by atoms with Gasteiger partial charge in [-0.05, 0) is 6.42 Å². The van der Waals surface area contributed by atoms with Crippen LogP contribution in [0.1, 0.15) is 13.3 Å². The van der Waals surface area contributed by atoms with Gasteiger partial charge in [-0.3, -0.25) is 4.79 Å². The lowest BCUT2D eigenvalue weighted by Gasteiger charge is -1.99. The molecule has 0 aliphatic carbocycles. The van der Waals surface area contributed by atoms with Crippen LogP contribution in [0, 0.1) is 0 Å². The van der Waals surface area contributed by atoms with E-state index in [4.69, 9.17) is 5.73 Å². The Labute approximate surface area is 65.0 Å². The summed E-state index contributed by atoms with van der Waals surface area (Å²) in [5.74, 6) is -1.14. The number of primary amides is 1. The van der Waals surface area contributed by atoms with Gasteiger partial charge in [-0.15, -0.1) is 0 Å². The molecule has 0 heterocycles. The van der Waals surface area contributed by atoms with Crippen molar-refractivity contribution in [3.63, 3.8) is 0 Å². The Hall–Kier alpha value is -1.32. The van der Waals surface area contributed by atoms with Crippen molar-refractivity contribution in [3.8, 4) is 0 Å². The Kier molecular flexibility index (Phi) is 3.95. The molecule has 0 rings (SSSR count). The van der Waals surface area contributed by atoms with Crippen LogP contribution in [0.5, 0.6) is 0 Å². The lowest BCUT2D eigenvalue weighted by atomic mass is 10.2. The number of rotatable bonds is 3. The Morgan fingerprint density at radius 2 is 2.09 bits per heavy atom. The number of methoxy groups -OCH3 is 1. The quantitative estimate of drug-likeness (QED) is 0.462. The van der Waals surface area contributed by atoms with Crippen LogP contribution < -0.4 is 5.73 Å². The third kappa shape index (κ3) is 3.40. The molecule has 4 heteroatoms. The smallest absolute Gasteiger partial charge is 0.333 e. The number of amides is 1. The summed E-state index contributed by atoms with van der Waals surface area (Å²) in [4.78, 5) is 21.1. The summed E-state index contributed by atoms with van der Waals surface area (Å²) in [5.41, 5.74) is 5.13. The molecule has 62 valence electrons. The summed E-state index contributed by atoms with van der Waals surface area (Å²) in [5, 5.41) is 0. The first kappa shape index (κ1) is 9.68. The SMILES string of the molecule is CCC(=CC(N)=O)C(=O)OC. The number of carbonyl (C=O) groups is 2. The van der Waals surface area contributed by atoms with Crippen molar-refractivity contribution in [2.45, 2.75) is 13.3 Å². The van der Waals surface area contributed by atoms with E-state index in [9.17, 15) is 9.59 Å². The monoisotopic (exact) mass is 157 g/mol. The van der Waals surface area contributed by atoms with E-state index in [1.165, 1.54) is 7.11 Å². The van der Waals surface area contributed by atoms with Crippen LogP contribution >= 0.6 is 0 Å². The second-order valence-electron chi connectivity index (χ2n) is 1.92. The van der Waals surface area contributed by atoms with Crippen molar-refractivity contribution in [1.82, 2.24) is 0 Å². The van der Waals surface area contributed by atoms with Gasteiger partial charge in [0.15, 0.2) is 0 Å². The summed E-state index contributed by atoms with van der Waals surface area (Å²) >= 11 is 0. The summed E-state index contributed by atoms with van der Waals surface area (Å²) in [6.45, 7) is 1.74. The van der Waals surface area contributed by atoms with Gasteiger partial charge in [0.05, 0.1) is 7.11 Å². The maximum absolute atomic E-state index is 10.8.